The third-order valence-corrected chi connectivity index (χ3v) is 3.85. The van der Waals surface area contributed by atoms with E-state index in [4.69, 9.17) is 0 Å². The molecule has 2 aliphatic rings. The van der Waals surface area contributed by atoms with Crippen LogP contribution in [0.5, 0.6) is 0 Å². The molecule has 0 saturated heterocycles. The monoisotopic (exact) mass is 221 g/mol. The molecule has 0 aromatic heterocycles. The molecule has 0 bridgehead atoms. The van der Waals surface area contributed by atoms with Crippen LogP contribution < -0.4 is 0 Å². The van der Waals surface area contributed by atoms with E-state index >= 15 is 0 Å². The van der Waals surface area contributed by atoms with Gasteiger partial charge in [0.05, 0.1) is 6.04 Å². The normalized spacial score (nSPS) is 34.5. The predicted octanol–water partition coefficient (Wildman–Crippen LogP) is 2.52. The van der Waals surface area contributed by atoms with Crippen LogP contribution >= 0.6 is 0 Å². The van der Waals surface area contributed by atoms with Gasteiger partial charge in [-0.15, -0.1) is 6.58 Å². The first-order valence-electron chi connectivity index (χ1n) is 6.36. The Morgan fingerprint density at radius 2 is 2.25 bits per heavy atom. The summed E-state index contributed by atoms with van der Waals surface area (Å²) in [6.07, 6.45) is 7.90. The highest BCUT2D eigenvalue weighted by molar-refractivity contribution is 5.56. The Bertz CT molecular complexity index is 274. The van der Waals surface area contributed by atoms with E-state index in [1.807, 2.05) is 12.4 Å². The fourth-order valence-electron chi connectivity index (χ4n) is 2.78. The molecule has 1 aliphatic heterocycles. The molecule has 2 rings (SSSR count). The Morgan fingerprint density at radius 1 is 1.44 bits per heavy atom. The fraction of sp³-hybridized carbons (Fsp3) is 0.769. The van der Waals surface area contributed by atoms with Crippen molar-refractivity contribution in [1.29, 1.82) is 0 Å². The Morgan fingerprint density at radius 3 is 3.00 bits per heavy atom. The molecule has 1 aliphatic carbocycles. The molecular weight excluding hydrogens is 198 g/mol. The van der Waals surface area contributed by atoms with Gasteiger partial charge in [0.1, 0.15) is 13.0 Å². The lowest BCUT2D eigenvalue weighted by atomic mass is 9.80. The summed E-state index contributed by atoms with van der Waals surface area (Å²) in [5, 5.41) is 6.80. The van der Waals surface area contributed by atoms with Gasteiger partial charge in [-0.1, -0.05) is 26.3 Å². The SMILES string of the molecule is C=CCN1C=NN([C@H]2C[C@H](C)CC[C@H]2C)C1. The highest BCUT2D eigenvalue weighted by atomic mass is 15.6. The van der Waals surface area contributed by atoms with Crippen LogP contribution in [0.15, 0.2) is 17.8 Å². The van der Waals surface area contributed by atoms with Gasteiger partial charge >= 0.3 is 0 Å². The van der Waals surface area contributed by atoms with Crippen LogP contribution in [-0.4, -0.2) is 35.5 Å². The molecular formula is C13H23N3. The average molecular weight is 221 g/mol. The lowest BCUT2D eigenvalue weighted by molar-refractivity contribution is 0.0822. The highest BCUT2D eigenvalue weighted by Gasteiger charge is 2.31. The van der Waals surface area contributed by atoms with Gasteiger partial charge in [-0.2, -0.15) is 5.10 Å². The standard InChI is InChI=1S/C13H23N3/c1-4-7-15-9-14-16(10-15)13-8-11(2)5-6-12(13)3/h4,9,11-13H,1,5-8,10H2,2-3H3/t11-,12-,13+/m1/s1. The van der Waals surface area contributed by atoms with E-state index in [1.165, 1.54) is 19.3 Å². The number of rotatable bonds is 3. The Hall–Kier alpha value is -0.990. The average Bonchev–Trinajstić information content (AvgIpc) is 2.71. The zero-order valence-corrected chi connectivity index (χ0v) is 10.5. The lowest BCUT2D eigenvalue weighted by Crippen LogP contribution is -2.41. The molecule has 0 spiro atoms. The third kappa shape index (κ3) is 2.39. The van der Waals surface area contributed by atoms with Crippen molar-refractivity contribution in [2.24, 2.45) is 16.9 Å². The van der Waals surface area contributed by atoms with E-state index in [1.54, 1.807) is 0 Å². The molecule has 0 unspecified atom stereocenters. The molecule has 0 radical (unpaired) electrons. The van der Waals surface area contributed by atoms with E-state index in [0.29, 0.717) is 6.04 Å². The first kappa shape index (κ1) is 11.5. The minimum absolute atomic E-state index is 0.634. The summed E-state index contributed by atoms with van der Waals surface area (Å²) >= 11 is 0. The molecule has 16 heavy (non-hydrogen) atoms. The largest absolute Gasteiger partial charge is 0.338 e. The van der Waals surface area contributed by atoms with Crippen LogP contribution in [0, 0.1) is 11.8 Å². The number of nitrogens with zero attached hydrogens (tertiary/aromatic N) is 3. The molecule has 3 heteroatoms. The van der Waals surface area contributed by atoms with Crippen molar-refractivity contribution < 1.29 is 0 Å². The van der Waals surface area contributed by atoms with E-state index in [0.717, 1.165) is 25.0 Å². The molecule has 3 nitrogen and oxygen atoms in total. The van der Waals surface area contributed by atoms with Crippen molar-refractivity contribution >= 4 is 6.34 Å². The van der Waals surface area contributed by atoms with E-state index < -0.39 is 0 Å². The van der Waals surface area contributed by atoms with E-state index in [-0.39, 0.29) is 0 Å². The molecule has 1 fully saturated rings. The summed E-state index contributed by atoms with van der Waals surface area (Å²) in [4.78, 5) is 2.21. The van der Waals surface area contributed by atoms with Crippen molar-refractivity contribution in [3.63, 3.8) is 0 Å². The van der Waals surface area contributed by atoms with Gasteiger partial charge in [0.25, 0.3) is 0 Å². The summed E-state index contributed by atoms with van der Waals surface area (Å²) in [5.41, 5.74) is 0. The van der Waals surface area contributed by atoms with Crippen molar-refractivity contribution in [1.82, 2.24) is 9.91 Å². The van der Waals surface area contributed by atoms with Crippen LogP contribution in [0.25, 0.3) is 0 Å². The van der Waals surface area contributed by atoms with Crippen LogP contribution in [0.2, 0.25) is 0 Å². The molecule has 0 aromatic rings. The smallest absolute Gasteiger partial charge is 0.113 e. The van der Waals surface area contributed by atoms with Crippen molar-refractivity contribution in [2.45, 2.75) is 39.2 Å². The molecule has 1 saturated carbocycles. The summed E-state index contributed by atoms with van der Waals surface area (Å²) in [6, 6.07) is 0.634. The second-order valence-corrected chi connectivity index (χ2v) is 5.33. The molecule has 3 atom stereocenters. The zero-order chi connectivity index (χ0) is 11.5. The number of hydrogen-bond donors (Lipinski definition) is 0. The number of hydrazone groups is 1. The lowest BCUT2D eigenvalue weighted by Gasteiger charge is -2.38. The van der Waals surface area contributed by atoms with Gasteiger partial charge in [-0.05, 0) is 24.7 Å². The van der Waals surface area contributed by atoms with Gasteiger partial charge in [0.15, 0.2) is 0 Å². The van der Waals surface area contributed by atoms with Crippen LogP contribution in [0.3, 0.4) is 0 Å². The molecule has 0 N–H and O–H groups in total. The van der Waals surface area contributed by atoms with Crippen molar-refractivity contribution in [3.05, 3.63) is 12.7 Å². The summed E-state index contributed by atoms with van der Waals surface area (Å²) in [5.74, 6) is 1.63. The maximum absolute atomic E-state index is 4.53. The van der Waals surface area contributed by atoms with E-state index in [2.05, 4.69) is 35.4 Å². The topological polar surface area (TPSA) is 18.8 Å². The van der Waals surface area contributed by atoms with Gasteiger partial charge in [-0.3, -0.25) is 5.01 Å². The zero-order valence-electron chi connectivity index (χ0n) is 10.5. The van der Waals surface area contributed by atoms with Gasteiger partial charge in [0, 0.05) is 6.54 Å². The van der Waals surface area contributed by atoms with Crippen molar-refractivity contribution in [2.75, 3.05) is 13.2 Å². The van der Waals surface area contributed by atoms with Crippen molar-refractivity contribution in [3.8, 4) is 0 Å². The number of hydrogen-bond acceptors (Lipinski definition) is 3. The second kappa shape index (κ2) is 4.89. The quantitative estimate of drug-likeness (QED) is 0.682. The first-order chi connectivity index (χ1) is 7.70. The van der Waals surface area contributed by atoms with E-state index in [9.17, 15) is 0 Å². The van der Waals surface area contributed by atoms with Gasteiger partial charge in [-0.25, -0.2) is 0 Å². The third-order valence-electron chi connectivity index (χ3n) is 3.85. The van der Waals surface area contributed by atoms with Crippen LogP contribution in [-0.2, 0) is 0 Å². The Labute approximate surface area is 98.8 Å². The second-order valence-electron chi connectivity index (χ2n) is 5.33. The summed E-state index contributed by atoms with van der Waals surface area (Å²) in [7, 11) is 0. The van der Waals surface area contributed by atoms with Crippen LogP contribution in [0.4, 0.5) is 0 Å². The predicted molar refractivity (Wildman–Crippen MR) is 68.1 cm³/mol. The van der Waals surface area contributed by atoms with Crippen LogP contribution in [0.1, 0.15) is 33.1 Å². The molecule has 0 amide bonds. The summed E-state index contributed by atoms with van der Waals surface area (Å²) in [6.45, 7) is 10.3. The Balaban J connectivity index is 1.93. The molecule has 90 valence electrons. The molecule has 1 heterocycles. The highest BCUT2D eigenvalue weighted by Crippen LogP contribution is 2.32. The Kier molecular flexibility index (Phi) is 3.52. The minimum Gasteiger partial charge on any atom is -0.338 e. The maximum Gasteiger partial charge on any atom is 0.113 e. The molecule has 0 aromatic carbocycles. The first-order valence-corrected chi connectivity index (χ1v) is 6.36. The maximum atomic E-state index is 4.53. The van der Waals surface area contributed by atoms with Gasteiger partial charge < -0.3 is 4.90 Å². The van der Waals surface area contributed by atoms with Gasteiger partial charge in [0.2, 0.25) is 0 Å². The summed E-state index contributed by atoms with van der Waals surface area (Å²) < 4.78 is 0. The fourth-order valence-corrected chi connectivity index (χ4v) is 2.78. The minimum atomic E-state index is 0.634.